The van der Waals surface area contributed by atoms with Crippen LogP contribution in [-0.2, 0) is 0 Å². The summed E-state index contributed by atoms with van der Waals surface area (Å²) < 4.78 is 5.74. The molecule has 3 heterocycles. The van der Waals surface area contributed by atoms with Gasteiger partial charge in [0.05, 0.1) is 5.52 Å². The lowest BCUT2D eigenvalue weighted by Gasteiger charge is -2.16. The van der Waals surface area contributed by atoms with E-state index >= 15 is 0 Å². The van der Waals surface area contributed by atoms with Gasteiger partial charge in [0.1, 0.15) is 29.8 Å². The summed E-state index contributed by atoms with van der Waals surface area (Å²) >= 11 is 1.55. The van der Waals surface area contributed by atoms with Crippen LogP contribution < -0.4 is 4.90 Å². The molecule has 126 valence electrons. The van der Waals surface area contributed by atoms with Gasteiger partial charge in [-0.25, -0.2) is 15.0 Å². The molecule has 0 aliphatic heterocycles. The SMILES string of the molecule is CC(O)c1ccc(-c2ccc3ncnc(N(C)c4nccs4)c3c2)o1. The highest BCUT2D eigenvalue weighted by molar-refractivity contribution is 7.13. The van der Waals surface area contributed by atoms with Crippen LogP contribution in [-0.4, -0.2) is 27.1 Å². The van der Waals surface area contributed by atoms with E-state index in [1.807, 2.05) is 41.6 Å². The molecule has 1 N–H and O–H groups in total. The number of thiazole rings is 1. The number of aliphatic hydroxyl groups excluding tert-OH is 1. The van der Waals surface area contributed by atoms with Crippen molar-refractivity contribution in [3.63, 3.8) is 0 Å². The predicted molar refractivity (Wildman–Crippen MR) is 98.1 cm³/mol. The van der Waals surface area contributed by atoms with Crippen LogP contribution in [0.2, 0.25) is 0 Å². The number of nitrogens with zero attached hydrogens (tertiary/aromatic N) is 4. The van der Waals surface area contributed by atoms with Crippen molar-refractivity contribution in [3.05, 3.63) is 54.0 Å². The lowest BCUT2D eigenvalue weighted by atomic mass is 10.1. The Morgan fingerprint density at radius 1 is 1.16 bits per heavy atom. The minimum atomic E-state index is -0.635. The van der Waals surface area contributed by atoms with Crippen molar-refractivity contribution < 1.29 is 9.52 Å². The summed E-state index contributed by atoms with van der Waals surface area (Å²) in [6, 6.07) is 9.54. The Bertz CT molecular complexity index is 1010. The minimum Gasteiger partial charge on any atom is -0.458 e. The number of benzene rings is 1. The maximum absolute atomic E-state index is 9.65. The first-order valence-corrected chi connectivity index (χ1v) is 8.67. The van der Waals surface area contributed by atoms with E-state index in [1.54, 1.807) is 36.9 Å². The molecule has 4 aromatic rings. The van der Waals surface area contributed by atoms with Crippen molar-refractivity contribution in [2.75, 3.05) is 11.9 Å². The first-order chi connectivity index (χ1) is 12.1. The summed E-state index contributed by atoms with van der Waals surface area (Å²) in [7, 11) is 1.94. The van der Waals surface area contributed by atoms with Gasteiger partial charge in [0.2, 0.25) is 0 Å². The molecular formula is C18H16N4O2S. The van der Waals surface area contributed by atoms with E-state index in [1.165, 1.54) is 0 Å². The van der Waals surface area contributed by atoms with Crippen LogP contribution in [0.5, 0.6) is 0 Å². The van der Waals surface area contributed by atoms with Gasteiger partial charge in [0.15, 0.2) is 5.13 Å². The van der Waals surface area contributed by atoms with E-state index < -0.39 is 6.10 Å². The lowest BCUT2D eigenvalue weighted by molar-refractivity contribution is 0.170. The van der Waals surface area contributed by atoms with Crippen LogP contribution in [0.25, 0.3) is 22.2 Å². The maximum Gasteiger partial charge on any atom is 0.190 e. The van der Waals surface area contributed by atoms with Gasteiger partial charge in [0.25, 0.3) is 0 Å². The van der Waals surface area contributed by atoms with Crippen LogP contribution in [0.4, 0.5) is 10.9 Å². The fraction of sp³-hybridized carbons (Fsp3) is 0.167. The van der Waals surface area contributed by atoms with Crippen molar-refractivity contribution in [2.45, 2.75) is 13.0 Å². The Hall–Kier alpha value is -2.77. The number of fused-ring (bicyclic) bond motifs is 1. The number of rotatable bonds is 4. The monoisotopic (exact) mass is 352 g/mol. The van der Waals surface area contributed by atoms with Gasteiger partial charge in [-0.15, -0.1) is 11.3 Å². The normalized spacial score (nSPS) is 12.4. The van der Waals surface area contributed by atoms with E-state index in [9.17, 15) is 5.11 Å². The fourth-order valence-electron chi connectivity index (χ4n) is 2.67. The minimum absolute atomic E-state index is 0.541. The second kappa shape index (κ2) is 6.27. The molecule has 4 rings (SSSR count). The Morgan fingerprint density at radius 3 is 2.76 bits per heavy atom. The molecule has 0 aliphatic carbocycles. The summed E-state index contributed by atoms with van der Waals surface area (Å²) in [4.78, 5) is 15.1. The highest BCUT2D eigenvalue weighted by Gasteiger charge is 2.15. The largest absolute Gasteiger partial charge is 0.458 e. The number of hydrogen-bond acceptors (Lipinski definition) is 7. The van der Waals surface area contributed by atoms with Crippen molar-refractivity contribution in [3.8, 4) is 11.3 Å². The van der Waals surface area contributed by atoms with E-state index in [-0.39, 0.29) is 0 Å². The van der Waals surface area contributed by atoms with Crippen molar-refractivity contribution in [2.24, 2.45) is 0 Å². The topological polar surface area (TPSA) is 75.3 Å². The third kappa shape index (κ3) is 2.88. The van der Waals surface area contributed by atoms with Crippen LogP contribution in [0.15, 0.2) is 52.7 Å². The average molecular weight is 352 g/mol. The van der Waals surface area contributed by atoms with Gasteiger partial charge in [-0.2, -0.15) is 0 Å². The van der Waals surface area contributed by atoms with Gasteiger partial charge >= 0.3 is 0 Å². The summed E-state index contributed by atoms with van der Waals surface area (Å²) in [6.07, 6.45) is 2.69. The molecule has 0 fully saturated rings. The standard InChI is InChI=1S/C18H16N4O2S/c1-11(23)15-5-6-16(24-15)12-3-4-14-13(9-12)17(21-10-20-14)22(2)18-19-7-8-25-18/h3-11,23H,1-2H3. The molecule has 0 bridgehead atoms. The molecule has 1 atom stereocenters. The molecule has 0 amide bonds. The predicted octanol–water partition coefficient (Wildman–Crippen LogP) is 4.17. The van der Waals surface area contributed by atoms with Crippen LogP contribution in [0.3, 0.4) is 0 Å². The summed E-state index contributed by atoms with van der Waals surface area (Å²) in [5, 5.41) is 13.4. The highest BCUT2D eigenvalue weighted by Crippen LogP contribution is 2.33. The first kappa shape index (κ1) is 15.7. The lowest BCUT2D eigenvalue weighted by Crippen LogP contribution is -2.11. The molecule has 0 saturated heterocycles. The van der Waals surface area contributed by atoms with Gasteiger partial charge < -0.3 is 14.4 Å². The molecule has 3 aromatic heterocycles. The molecule has 1 unspecified atom stereocenters. The third-order valence-corrected chi connectivity index (χ3v) is 4.81. The summed E-state index contributed by atoms with van der Waals surface area (Å²) in [6.45, 7) is 1.68. The third-order valence-electron chi connectivity index (χ3n) is 3.96. The molecule has 25 heavy (non-hydrogen) atoms. The van der Waals surface area contributed by atoms with Crippen molar-refractivity contribution in [1.29, 1.82) is 0 Å². The zero-order chi connectivity index (χ0) is 17.4. The van der Waals surface area contributed by atoms with Gasteiger partial charge in [-0.05, 0) is 37.3 Å². The smallest absolute Gasteiger partial charge is 0.190 e. The Balaban J connectivity index is 1.82. The van der Waals surface area contributed by atoms with E-state index in [0.717, 1.165) is 27.4 Å². The van der Waals surface area contributed by atoms with Crippen LogP contribution in [0, 0.1) is 0 Å². The second-order valence-corrected chi connectivity index (χ2v) is 6.55. The molecule has 0 radical (unpaired) electrons. The molecule has 0 saturated carbocycles. The molecule has 6 nitrogen and oxygen atoms in total. The molecule has 7 heteroatoms. The highest BCUT2D eigenvalue weighted by atomic mass is 32.1. The van der Waals surface area contributed by atoms with E-state index in [0.29, 0.717) is 11.5 Å². The fourth-order valence-corrected chi connectivity index (χ4v) is 3.28. The Morgan fingerprint density at radius 2 is 2.04 bits per heavy atom. The Labute approximate surface area is 148 Å². The maximum atomic E-state index is 9.65. The number of hydrogen-bond donors (Lipinski definition) is 1. The quantitative estimate of drug-likeness (QED) is 0.594. The van der Waals surface area contributed by atoms with Crippen LogP contribution >= 0.6 is 11.3 Å². The number of aliphatic hydroxyl groups is 1. The molecular weight excluding hydrogens is 336 g/mol. The van der Waals surface area contributed by atoms with Crippen LogP contribution in [0.1, 0.15) is 18.8 Å². The molecule has 0 spiro atoms. The molecule has 0 aliphatic rings. The summed E-state index contributed by atoms with van der Waals surface area (Å²) in [5.41, 5.74) is 1.75. The first-order valence-electron chi connectivity index (χ1n) is 7.79. The number of furan rings is 1. The summed E-state index contributed by atoms with van der Waals surface area (Å²) in [5.74, 6) is 2.02. The van der Waals surface area contributed by atoms with Gasteiger partial charge in [-0.3, -0.25) is 0 Å². The van der Waals surface area contributed by atoms with Gasteiger partial charge in [-0.1, -0.05) is 0 Å². The average Bonchev–Trinajstić information content (AvgIpc) is 3.31. The van der Waals surface area contributed by atoms with Crippen molar-refractivity contribution >= 4 is 33.2 Å². The van der Waals surface area contributed by atoms with E-state index in [2.05, 4.69) is 15.0 Å². The number of aromatic nitrogens is 3. The zero-order valence-electron chi connectivity index (χ0n) is 13.7. The van der Waals surface area contributed by atoms with Crippen molar-refractivity contribution in [1.82, 2.24) is 15.0 Å². The van der Waals surface area contributed by atoms with E-state index in [4.69, 9.17) is 4.42 Å². The zero-order valence-corrected chi connectivity index (χ0v) is 14.6. The Kier molecular flexibility index (Phi) is 3.95. The molecule has 1 aromatic carbocycles. The second-order valence-electron chi connectivity index (χ2n) is 5.68. The van der Waals surface area contributed by atoms with Gasteiger partial charge in [0, 0.05) is 29.6 Å². The number of anilines is 2.